The van der Waals surface area contributed by atoms with E-state index in [0.29, 0.717) is 5.92 Å². The van der Waals surface area contributed by atoms with Gasteiger partial charge in [-0.3, -0.25) is 0 Å². The van der Waals surface area contributed by atoms with Crippen molar-refractivity contribution < 1.29 is 9.84 Å². The van der Waals surface area contributed by atoms with E-state index in [4.69, 9.17) is 4.74 Å². The van der Waals surface area contributed by atoms with Gasteiger partial charge in [-0.25, -0.2) is 0 Å². The van der Waals surface area contributed by atoms with Crippen molar-refractivity contribution in [1.82, 2.24) is 0 Å². The Hall–Kier alpha value is -0.0800. The normalized spacial score (nSPS) is 26.4. The number of hydrogen-bond donors (Lipinski definition) is 1. The van der Waals surface area contributed by atoms with E-state index in [1.807, 2.05) is 0 Å². The molecule has 1 aliphatic rings. The maximum absolute atomic E-state index is 9.95. The van der Waals surface area contributed by atoms with Gasteiger partial charge in [-0.05, 0) is 25.2 Å². The average molecular weight is 200 g/mol. The van der Waals surface area contributed by atoms with Gasteiger partial charge >= 0.3 is 0 Å². The smallest absolute Gasteiger partial charge is 0.0834 e. The summed E-state index contributed by atoms with van der Waals surface area (Å²) >= 11 is 0. The summed E-state index contributed by atoms with van der Waals surface area (Å²) in [5.41, 5.74) is 0. The molecule has 0 bridgehead atoms. The van der Waals surface area contributed by atoms with Crippen LogP contribution in [0.1, 0.15) is 52.4 Å². The van der Waals surface area contributed by atoms with E-state index < -0.39 is 0 Å². The average Bonchev–Trinajstić information content (AvgIpc) is 2.69. The third-order valence-electron chi connectivity index (χ3n) is 3.24. The molecule has 0 aliphatic carbocycles. The Morgan fingerprint density at radius 1 is 1.43 bits per heavy atom. The van der Waals surface area contributed by atoms with Crippen LogP contribution >= 0.6 is 0 Å². The molecule has 2 nitrogen and oxygen atoms in total. The fourth-order valence-electron chi connectivity index (χ4n) is 2.30. The molecule has 3 atom stereocenters. The van der Waals surface area contributed by atoms with Crippen molar-refractivity contribution in [3.05, 3.63) is 0 Å². The fraction of sp³-hybridized carbons (Fsp3) is 1.00. The predicted octanol–water partition coefficient (Wildman–Crippen LogP) is 2.74. The molecular formula is C12H24O2. The van der Waals surface area contributed by atoms with Gasteiger partial charge in [0.2, 0.25) is 0 Å². The first-order valence-corrected chi connectivity index (χ1v) is 6.07. The van der Waals surface area contributed by atoms with Crippen LogP contribution in [0, 0.1) is 5.92 Å². The molecule has 0 amide bonds. The first kappa shape index (κ1) is 12.0. The van der Waals surface area contributed by atoms with Gasteiger partial charge in [0.15, 0.2) is 0 Å². The molecule has 1 N–H and O–H groups in total. The second-order valence-electron chi connectivity index (χ2n) is 4.42. The van der Waals surface area contributed by atoms with E-state index in [1.54, 1.807) is 0 Å². The highest BCUT2D eigenvalue weighted by molar-refractivity contribution is 4.76. The highest BCUT2D eigenvalue weighted by atomic mass is 16.5. The van der Waals surface area contributed by atoms with Gasteiger partial charge in [0, 0.05) is 6.61 Å². The van der Waals surface area contributed by atoms with E-state index in [-0.39, 0.29) is 12.2 Å². The standard InChI is InChI=1S/C12H24O2/c1-3-6-10(4-2)9-11(13)12-7-5-8-14-12/h10-13H,3-9H2,1-2H3. The van der Waals surface area contributed by atoms with Crippen molar-refractivity contribution in [2.75, 3.05) is 6.61 Å². The second kappa shape index (κ2) is 6.41. The zero-order valence-electron chi connectivity index (χ0n) is 9.54. The molecule has 1 aliphatic heterocycles. The summed E-state index contributed by atoms with van der Waals surface area (Å²) in [5, 5.41) is 9.95. The summed E-state index contributed by atoms with van der Waals surface area (Å²) < 4.78 is 5.49. The van der Waals surface area contributed by atoms with Crippen LogP contribution < -0.4 is 0 Å². The molecule has 0 aromatic carbocycles. The number of aliphatic hydroxyl groups is 1. The monoisotopic (exact) mass is 200 g/mol. The van der Waals surface area contributed by atoms with Gasteiger partial charge < -0.3 is 9.84 Å². The Balaban J connectivity index is 2.25. The summed E-state index contributed by atoms with van der Waals surface area (Å²) in [6.45, 7) is 5.26. The molecule has 0 aromatic heterocycles. The molecule has 0 aromatic rings. The first-order chi connectivity index (χ1) is 6.77. The number of ether oxygens (including phenoxy) is 1. The largest absolute Gasteiger partial charge is 0.390 e. The summed E-state index contributed by atoms with van der Waals surface area (Å²) in [5.74, 6) is 0.680. The molecular weight excluding hydrogens is 176 g/mol. The molecule has 0 saturated carbocycles. The third kappa shape index (κ3) is 3.58. The van der Waals surface area contributed by atoms with Crippen LogP contribution in [-0.2, 0) is 4.74 Å². The lowest BCUT2D eigenvalue weighted by Crippen LogP contribution is -2.27. The Labute approximate surface area is 87.7 Å². The van der Waals surface area contributed by atoms with Gasteiger partial charge in [-0.2, -0.15) is 0 Å². The minimum absolute atomic E-state index is 0.126. The maximum Gasteiger partial charge on any atom is 0.0834 e. The molecule has 0 radical (unpaired) electrons. The van der Waals surface area contributed by atoms with Crippen molar-refractivity contribution >= 4 is 0 Å². The minimum Gasteiger partial charge on any atom is -0.390 e. The van der Waals surface area contributed by atoms with Crippen LogP contribution in [0.2, 0.25) is 0 Å². The van der Waals surface area contributed by atoms with Gasteiger partial charge in [-0.15, -0.1) is 0 Å². The first-order valence-electron chi connectivity index (χ1n) is 6.07. The van der Waals surface area contributed by atoms with Crippen molar-refractivity contribution in [2.45, 2.75) is 64.6 Å². The van der Waals surface area contributed by atoms with Crippen LogP contribution in [0.5, 0.6) is 0 Å². The van der Waals surface area contributed by atoms with Crippen LogP contribution in [0.4, 0.5) is 0 Å². The molecule has 1 heterocycles. The molecule has 1 fully saturated rings. The lowest BCUT2D eigenvalue weighted by Gasteiger charge is -2.22. The predicted molar refractivity (Wildman–Crippen MR) is 58.3 cm³/mol. The molecule has 2 heteroatoms. The Morgan fingerprint density at radius 2 is 2.21 bits per heavy atom. The lowest BCUT2D eigenvalue weighted by atomic mass is 9.91. The Bertz CT molecular complexity index is 141. The zero-order chi connectivity index (χ0) is 10.4. The summed E-state index contributed by atoms with van der Waals surface area (Å²) in [7, 11) is 0. The number of hydrogen-bond acceptors (Lipinski definition) is 2. The van der Waals surface area contributed by atoms with Crippen molar-refractivity contribution in [1.29, 1.82) is 0 Å². The van der Waals surface area contributed by atoms with Crippen LogP contribution in [0.25, 0.3) is 0 Å². The van der Waals surface area contributed by atoms with Crippen LogP contribution in [0.15, 0.2) is 0 Å². The van der Waals surface area contributed by atoms with Gasteiger partial charge in [-0.1, -0.05) is 33.1 Å². The second-order valence-corrected chi connectivity index (χ2v) is 4.42. The molecule has 1 rings (SSSR count). The Kier molecular flexibility index (Phi) is 5.49. The van der Waals surface area contributed by atoms with Gasteiger partial charge in [0.25, 0.3) is 0 Å². The fourth-order valence-corrected chi connectivity index (χ4v) is 2.30. The quantitative estimate of drug-likeness (QED) is 0.714. The highest BCUT2D eigenvalue weighted by Gasteiger charge is 2.25. The van der Waals surface area contributed by atoms with E-state index in [1.165, 1.54) is 19.3 Å². The maximum atomic E-state index is 9.95. The van der Waals surface area contributed by atoms with E-state index >= 15 is 0 Å². The van der Waals surface area contributed by atoms with E-state index in [2.05, 4.69) is 13.8 Å². The van der Waals surface area contributed by atoms with Crippen LogP contribution in [-0.4, -0.2) is 23.9 Å². The van der Waals surface area contributed by atoms with Crippen molar-refractivity contribution in [3.63, 3.8) is 0 Å². The molecule has 84 valence electrons. The van der Waals surface area contributed by atoms with Crippen molar-refractivity contribution in [3.8, 4) is 0 Å². The molecule has 3 unspecified atom stereocenters. The topological polar surface area (TPSA) is 29.5 Å². The summed E-state index contributed by atoms with van der Waals surface area (Å²) in [4.78, 5) is 0. The third-order valence-corrected chi connectivity index (χ3v) is 3.24. The highest BCUT2D eigenvalue weighted by Crippen LogP contribution is 2.24. The SMILES string of the molecule is CCCC(CC)CC(O)C1CCCO1. The van der Waals surface area contributed by atoms with Gasteiger partial charge in [0.1, 0.15) is 0 Å². The van der Waals surface area contributed by atoms with E-state index in [0.717, 1.165) is 25.9 Å². The molecule has 14 heavy (non-hydrogen) atoms. The van der Waals surface area contributed by atoms with Crippen LogP contribution in [0.3, 0.4) is 0 Å². The minimum atomic E-state index is -0.228. The zero-order valence-corrected chi connectivity index (χ0v) is 9.54. The van der Waals surface area contributed by atoms with E-state index in [9.17, 15) is 5.11 Å². The number of rotatable bonds is 6. The summed E-state index contributed by atoms with van der Waals surface area (Å²) in [6.07, 6.45) is 6.62. The molecule has 1 saturated heterocycles. The number of aliphatic hydroxyl groups excluding tert-OH is 1. The molecule has 0 spiro atoms. The van der Waals surface area contributed by atoms with Crippen molar-refractivity contribution in [2.24, 2.45) is 5.92 Å². The Morgan fingerprint density at radius 3 is 2.71 bits per heavy atom. The van der Waals surface area contributed by atoms with Gasteiger partial charge in [0.05, 0.1) is 12.2 Å². The summed E-state index contributed by atoms with van der Waals surface area (Å²) in [6, 6.07) is 0. The lowest BCUT2D eigenvalue weighted by molar-refractivity contribution is -0.0139.